The van der Waals surface area contributed by atoms with Crippen LogP contribution in [0.2, 0.25) is 0 Å². The van der Waals surface area contributed by atoms with E-state index in [1.807, 2.05) is 44.2 Å². The predicted octanol–water partition coefficient (Wildman–Crippen LogP) is 1.93. The summed E-state index contributed by atoms with van der Waals surface area (Å²) in [6.07, 6.45) is 0.711. The molecule has 0 radical (unpaired) electrons. The van der Waals surface area contributed by atoms with Crippen LogP contribution in [0.5, 0.6) is 0 Å². The van der Waals surface area contributed by atoms with Gasteiger partial charge in [-0.1, -0.05) is 30.3 Å². The van der Waals surface area contributed by atoms with Gasteiger partial charge in [-0.2, -0.15) is 0 Å². The number of rotatable bonds is 3. The SMILES string of the molecule is Cc1c(C)n(N)c2nc(-c3ccccc3)nc(CCN)c12. The molecule has 5 nitrogen and oxygen atoms in total. The maximum absolute atomic E-state index is 6.15. The fourth-order valence-corrected chi connectivity index (χ4v) is 2.61. The molecule has 1 aromatic carbocycles. The van der Waals surface area contributed by atoms with Crippen LogP contribution in [0, 0.1) is 13.8 Å². The minimum absolute atomic E-state index is 0.550. The average Bonchev–Trinajstić information content (AvgIpc) is 2.73. The van der Waals surface area contributed by atoms with Gasteiger partial charge < -0.3 is 11.6 Å². The molecule has 0 amide bonds. The van der Waals surface area contributed by atoms with E-state index >= 15 is 0 Å². The van der Waals surface area contributed by atoms with Crippen molar-refractivity contribution in [1.82, 2.24) is 14.6 Å². The normalized spacial score (nSPS) is 11.2. The lowest BCUT2D eigenvalue weighted by Gasteiger charge is -2.07. The number of aryl methyl sites for hydroxylation is 1. The summed E-state index contributed by atoms with van der Waals surface area (Å²) in [5, 5.41) is 1.03. The highest BCUT2D eigenvalue weighted by Crippen LogP contribution is 2.27. The van der Waals surface area contributed by atoms with E-state index in [0.717, 1.165) is 33.5 Å². The molecule has 4 N–H and O–H groups in total. The molecule has 5 heteroatoms. The average molecular weight is 281 g/mol. The van der Waals surface area contributed by atoms with Gasteiger partial charge in [0.1, 0.15) is 0 Å². The van der Waals surface area contributed by atoms with E-state index in [0.29, 0.717) is 18.8 Å². The van der Waals surface area contributed by atoms with Gasteiger partial charge in [0, 0.05) is 23.1 Å². The summed E-state index contributed by atoms with van der Waals surface area (Å²) in [4.78, 5) is 9.37. The van der Waals surface area contributed by atoms with Crippen molar-refractivity contribution in [3.8, 4) is 11.4 Å². The smallest absolute Gasteiger partial charge is 0.163 e. The minimum Gasteiger partial charge on any atom is -0.337 e. The van der Waals surface area contributed by atoms with E-state index < -0.39 is 0 Å². The number of benzene rings is 1. The van der Waals surface area contributed by atoms with Gasteiger partial charge in [-0.15, -0.1) is 0 Å². The van der Waals surface area contributed by atoms with E-state index in [1.165, 1.54) is 0 Å². The second kappa shape index (κ2) is 5.18. The van der Waals surface area contributed by atoms with Crippen molar-refractivity contribution in [3.63, 3.8) is 0 Å². The maximum atomic E-state index is 6.15. The van der Waals surface area contributed by atoms with E-state index in [1.54, 1.807) is 4.68 Å². The Labute approximate surface area is 123 Å². The van der Waals surface area contributed by atoms with Gasteiger partial charge in [0.2, 0.25) is 0 Å². The van der Waals surface area contributed by atoms with Crippen molar-refractivity contribution in [2.75, 3.05) is 12.4 Å². The molecule has 21 heavy (non-hydrogen) atoms. The van der Waals surface area contributed by atoms with Crippen molar-refractivity contribution in [1.29, 1.82) is 0 Å². The molecule has 2 heterocycles. The van der Waals surface area contributed by atoms with Crippen LogP contribution >= 0.6 is 0 Å². The van der Waals surface area contributed by atoms with Crippen LogP contribution in [0.15, 0.2) is 30.3 Å². The zero-order valence-corrected chi connectivity index (χ0v) is 12.3. The van der Waals surface area contributed by atoms with Gasteiger partial charge in [-0.25, -0.2) is 14.6 Å². The number of nitrogens with zero attached hydrogens (tertiary/aromatic N) is 3. The Kier molecular flexibility index (Phi) is 3.35. The van der Waals surface area contributed by atoms with Crippen LogP contribution in [-0.4, -0.2) is 21.2 Å². The summed E-state index contributed by atoms with van der Waals surface area (Å²) in [5.41, 5.74) is 10.6. The molecule has 0 bridgehead atoms. The van der Waals surface area contributed by atoms with Gasteiger partial charge in [0.25, 0.3) is 0 Å². The summed E-state index contributed by atoms with van der Waals surface area (Å²) < 4.78 is 1.64. The number of aromatic nitrogens is 3. The molecule has 0 atom stereocenters. The third-order valence-corrected chi connectivity index (χ3v) is 3.89. The Hall–Kier alpha value is -2.40. The number of nitrogen functional groups attached to an aromatic ring is 1. The molecule has 0 spiro atoms. The highest BCUT2D eigenvalue weighted by molar-refractivity contribution is 5.86. The Morgan fingerprint density at radius 3 is 2.48 bits per heavy atom. The third kappa shape index (κ3) is 2.15. The number of fused-ring (bicyclic) bond motifs is 1. The van der Waals surface area contributed by atoms with Crippen molar-refractivity contribution in [3.05, 3.63) is 47.3 Å². The van der Waals surface area contributed by atoms with Crippen molar-refractivity contribution in [2.45, 2.75) is 20.3 Å². The summed E-state index contributed by atoms with van der Waals surface area (Å²) in [6, 6.07) is 9.92. The van der Waals surface area contributed by atoms with Gasteiger partial charge >= 0.3 is 0 Å². The lowest BCUT2D eigenvalue weighted by atomic mass is 10.1. The first-order valence-corrected chi connectivity index (χ1v) is 7.02. The number of hydrogen-bond donors (Lipinski definition) is 2. The molecule has 0 saturated carbocycles. The maximum Gasteiger partial charge on any atom is 0.163 e. The largest absolute Gasteiger partial charge is 0.337 e. The molecule has 0 unspecified atom stereocenters. The summed E-state index contributed by atoms with van der Waals surface area (Å²) in [7, 11) is 0. The van der Waals surface area contributed by atoms with Crippen LogP contribution in [0.25, 0.3) is 22.4 Å². The fourth-order valence-electron chi connectivity index (χ4n) is 2.61. The van der Waals surface area contributed by atoms with E-state index in [4.69, 9.17) is 16.6 Å². The lowest BCUT2D eigenvalue weighted by molar-refractivity contribution is 0.922. The molecular formula is C16H19N5. The topological polar surface area (TPSA) is 82.8 Å². The number of hydrogen-bond acceptors (Lipinski definition) is 4. The first-order valence-electron chi connectivity index (χ1n) is 7.02. The first-order chi connectivity index (χ1) is 10.1. The van der Waals surface area contributed by atoms with Crippen LogP contribution < -0.4 is 11.6 Å². The second-order valence-corrected chi connectivity index (χ2v) is 5.18. The van der Waals surface area contributed by atoms with Crippen LogP contribution in [0.1, 0.15) is 17.0 Å². The van der Waals surface area contributed by atoms with Crippen molar-refractivity contribution in [2.24, 2.45) is 5.73 Å². The molecule has 3 rings (SSSR count). The molecular weight excluding hydrogens is 262 g/mol. The molecule has 0 saturated heterocycles. The summed E-state index contributed by atoms with van der Waals surface area (Å²) in [5.74, 6) is 6.84. The minimum atomic E-state index is 0.550. The quantitative estimate of drug-likeness (QED) is 0.719. The Bertz CT molecular complexity index is 790. The summed E-state index contributed by atoms with van der Waals surface area (Å²) >= 11 is 0. The molecule has 2 aromatic heterocycles. The van der Waals surface area contributed by atoms with Gasteiger partial charge in [0.15, 0.2) is 11.5 Å². The van der Waals surface area contributed by atoms with Crippen molar-refractivity contribution < 1.29 is 0 Å². The molecule has 3 aromatic rings. The Balaban J connectivity index is 2.32. The first kappa shape index (κ1) is 13.6. The zero-order valence-electron chi connectivity index (χ0n) is 12.3. The second-order valence-electron chi connectivity index (χ2n) is 5.18. The predicted molar refractivity (Wildman–Crippen MR) is 85.3 cm³/mol. The van der Waals surface area contributed by atoms with Crippen LogP contribution in [0.4, 0.5) is 0 Å². The lowest BCUT2D eigenvalue weighted by Crippen LogP contribution is -2.12. The molecule has 0 fully saturated rings. The third-order valence-electron chi connectivity index (χ3n) is 3.89. The molecule has 0 aliphatic heterocycles. The van der Waals surface area contributed by atoms with E-state index in [9.17, 15) is 0 Å². The zero-order chi connectivity index (χ0) is 15.0. The highest BCUT2D eigenvalue weighted by Gasteiger charge is 2.17. The summed E-state index contributed by atoms with van der Waals surface area (Å²) in [6.45, 7) is 4.59. The van der Waals surface area contributed by atoms with Gasteiger partial charge in [-0.05, 0) is 26.0 Å². The van der Waals surface area contributed by atoms with E-state index in [-0.39, 0.29) is 0 Å². The van der Waals surface area contributed by atoms with Crippen LogP contribution in [0.3, 0.4) is 0 Å². The van der Waals surface area contributed by atoms with Crippen molar-refractivity contribution >= 4 is 11.0 Å². The van der Waals surface area contributed by atoms with Crippen LogP contribution in [-0.2, 0) is 6.42 Å². The standard InChI is InChI=1S/C16H19N5/c1-10-11(2)21(18)16-14(10)13(8-9-17)19-15(20-16)12-6-4-3-5-7-12/h3-7H,8-9,17-18H2,1-2H3. The molecule has 0 aliphatic rings. The number of nitrogens with two attached hydrogens (primary N) is 2. The van der Waals surface area contributed by atoms with Gasteiger partial charge in [-0.3, -0.25) is 0 Å². The Morgan fingerprint density at radius 1 is 1.10 bits per heavy atom. The molecule has 108 valence electrons. The Morgan fingerprint density at radius 2 is 1.81 bits per heavy atom. The van der Waals surface area contributed by atoms with E-state index in [2.05, 4.69) is 4.98 Å². The fraction of sp³-hybridized carbons (Fsp3) is 0.250. The monoisotopic (exact) mass is 281 g/mol. The highest BCUT2D eigenvalue weighted by atomic mass is 15.3. The molecule has 0 aliphatic carbocycles. The van der Waals surface area contributed by atoms with Gasteiger partial charge in [0.05, 0.1) is 5.69 Å².